The zero-order chi connectivity index (χ0) is 12.7. The van der Waals surface area contributed by atoms with E-state index in [-0.39, 0.29) is 5.82 Å². The maximum absolute atomic E-state index is 13.3. The van der Waals surface area contributed by atoms with Crippen LogP contribution in [0.15, 0.2) is 18.2 Å². The number of nitrogens with zero attached hydrogens (tertiary/aromatic N) is 2. The Morgan fingerprint density at radius 3 is 3.11 bits per heavy atom. The minimum atomic E-state index is -0.357. The normalized spacial score (nSPS) is 14.6. The van der Waals surface area contributed by atoms with E-state index in [2.05, 4.69) is 5.10 Å². The molecule has 0 radical (unpaired) electrons. The van der Waals surface area contributed by atoms with E-state index in [0.717, 1.165) is 11.3 Å². The number of anilines is 1. The van der Waals surface area contributed by atoms with Crippen molar-refractivity contribution in [1.29, 1.82) is 0 Å². The van der Waals surface area contributed by atoms with Crippen molar-refractivity contribution < 1.29 is 9.13 Å². The molecule has 0 saturated heterocycles. The maximum atomic E-state index is 13.3. The highest BCUT2D eigenvalue weighted by Crippen LogP contribution is 2.28. The average Bonchev–Trinajstić information content (AvgIpc) is 2.71. The second kappa shape index (κ2) is 4.26. The first-order chi connectivity index (χ1) is 8.66. The van der Waals surface area contributed by atoms with Gasteiger partial charge < -0.3 is 10.5 Å². The Kier molecular flexibility index (Phi) is 2.72. The predicted molar refractivity (Wildman–Crippen MR) is 66.3 cm³/mol. The lowest BCUT2D eigenvalue weighted by molar-refractivity contribution is 0.110. The number of benzene rings is 1. The first-order valence-electron chi connectivity index (χ1n) is 5.56. The van der Waals surface area contributed by atoms with Crippen LogP contribution < -0.4 is 5.73 Å². The second-order valence-electron chi connectivity index (χ2n) is 4.12. The van der Waals surface area contributed by atoms with Crippen LogP contribution in [-0.2, 0) is 17.8 Å². The number of hydrogen-bond donors (Lipinski definition) is 1. The van der Waals surface area contributed by atoms with Crippen molar-refractivity contribution in [2.24, 2.45) is 0 Å². The molecule has 1 aliphatic heterocycles. The minimum absolute atomic E-state index is 0.357. The van der Waals surface area contributed by atoms with Crippen LogP contribution in [0.3, 0.4) is 0 Å². The Labute approximate surface area is 108 Å². The molecule has 0 fully saturated rings. The Hall–Kier alpha value is -1.59. The highest BCUT2D eigenvalue weighted by atomic mass is 35.5. The molecule has 4 nitrogen and oxygen atoms in total. The lowest BCUT2D eigenvalue weighted by atomic mass is 10.1. The van der Waals surface area contributed by atoms with Gasteiger partial charge >= 0.3 is 0 Å². The number of ether oxygens (including phenoxy) is 1. The van der Waals surface area contributed by atoms with Crippen LogP contribution in [0.25, 0.3) is 5.69 Å². The van der Waals surface area contributed by atoms with E-state index in [1.165, 1.54) is 18.2 Å². The lowest BCUT2D eigenvalue weighted by Gasteiger charge is -2.15. The van der Waals surface area contributed by atoms with Crippen LogP contribution in [-0.4, -0.2) is 16.4 Å². The Morgan fingerprint density at radius 2 is 2.28 bits per heavy atom. The van der Waals surface area contributed by atoms with Gasteiger partial charge in [-0.3, -0.25) is 0 Å². The summed E-state index contributed by atoms with van der Waals surface area (Å²) in [4.78, 5) is 0. The SMILES string of the molecule is Nc1nn(-c2cc(F)ccc2Cl)c2c1COCC2. The average molecular weight is 268 g/mol. The second-order valence-corrected chi connectivity index (χ2v) is 4.53. The number of nitrogens with two attached hydrogens (primary N) is 1. The van der Waals surface area contributed by atoms with Gasteiger partial charge in [-0.05, 0) is 12.1 Å². The highest BCUT2D eigenvalue weighted by Gasteiger charge is 2.21. The molecule has 0 bridgehead atoms. The van der Waals surface area contributed by atoms with Gasteiger partial charge in [0.1, 0.15) is 5.82 Å². The smallest absolute Gasteiger partial charge is 0.151 e. The molecule has 2 N–H and O–H groups in total. The Balaban J connectivity index is 2.20. The molecule has 2 heterocycles. The fourth-order valence-electron chi connectivity index (χ4n) is 2.11. The van der Waals surface area contributed by atoms with Gasteiger partial charge in [0.15, 0.2) is 5.82 Å². The van der Waals surface area contributed by atoms with Gasteiger partial charge in [0, 0.05) is 18.1 Å². The summed E-state index contributed by atoms with van der Waals surface area (Å²) in [6.45, 7) is 1.04. The van der Waals surface area contributed by atoms with Crippen molar-refractivity contribution >= 4 is 17.4 Å². The van der Waals surface area contributed by atoms with E-state index >= 15 is 0 Å². The van der Waals surface area contributed by atoms with Crippen LogP contribution >= 0.6 is 11.6 Å². The standard InChI is InChI=1S/C12H11ClFN3O/c13-9-2-1-7(14)5-11(9)17-10-3-4-18-6-8(10)12(15)16-17/h1-2,5H,3-4,6H2,(H2,15,16). The van der Waals surface area contributed by atoms with E-state index in [1.807, 2.05) is 0 Å². The van der Waals surface area contributed by atoms with Crippen molar-refractivity contribution in [2.75, 3.05) is 12.3 Å². The summed E-state index contributed by atoms with van der Waals surface area (Å²) in [5.74, 6) is 0.0503. The summed E-state index contributed by atoms with van der Waals surface area (Å²) in [7, 11) is 0. The van der Waals surface area contributed by atoms with Gasteiger partial charge in [-0.15, -0.1) is 5.10 Å². The van der Waals surface area contributed by atoms with Gasteiger partial charge in [-0.25, -0.2) is 9.07 Å². The van der Waals surface area contributed by atoms with Crippen molar-refractivity contribution in [3.8, 4) is 5.69 Å². The molecular weight excluding hydrogens is 257 g/mol. The summed E-state index contributed by atoms with van der Waals surface area (Å²) < 4.78 is 20.3. The molecule has 0 aliphatic carbocycles. The molecule has 1 aromatic heterocycles. The molecule has 0 amide bonds. The first kappa shape index (κ1) is 11.5. The van der Waals surface area contributed by atoms with Gasteiger partial charge in [0.2, 0.25) is 0 Å². The van der Waals surface area contributed by atoms with Crippen LogP contribution in [0, 0.1) is 5.82 Å². The number of nitrogen functional groups attached to an aromatic ring is 1. The highest BCUT2D eigenvalue weighted by molar-refractivity contribution is 6.32. The van der Waals surface area contributed by atoms with Crippen molar-refractivity contribution in [3.63, 3.8) is 0 Å². The van der Waals surface area contributed by atoms with Gasteiger partial charge in [0.25, 0.3) is 0 Å². The largest absolute Gasteiger partial charge is 0.382 e. The fraction of sp³-hybridized carbons (Fsp3) is 0.250. The third kappa shape index (κ3) is 1.76. The fourth-order valence-corrected chi connectivity index (χ4v) is 2.31. The van der Waals surface area contributed by atoms with Gasteiger partial charge in [-0.1, -0.05) is 11.6 Å². The Morgan fingerprint density at radius 1 is 1.44 bits per heavy atom. The van der Waals surface area contributed by atoms with Crippen LogP contribution in [0.2, 0.25) is 5.02 Å². The quantitative estimate of drug-likeness (QED) is 0.863. The topological polar surface area (TPSA) is 53.1 Å². The Bertz CT molecular complexity index is 612. The number of hydrogen-bond acceptors (Lipinski definition) is 3. The molecule has 94 valence electrons. The molecule has 0 unspecified atom stereocenters. The summed E-state index contributed by atoms with van der Waals surface area (Å²) in [5.41, 5.74) is 8.14. The molecular formula is C12H11ClFN3O. The number of halogens is 2. The van der Waals surface area contributed by atoms with Gasteiger partial charge in [0.05, 0.1) is 29.6 Å². The monoisotopic (exact) mass is 267 g/mol. The van der Waals surface area contributed by atoms with E-state index in [9.17, 15) is 4.39 Å². The molecule has 1 aromatic carbocycles. The molecule has 0 spiro atoms. The first-order valence-corrected chi connectivity index (χ1v) is 5.94. The molecule has 0 atom stereocenters. The minimum Gasteiger partial charge on any atom is -0.382 e. The van der Waals surface area contributed by atoms with E-state index < -0.39 is 0 Å². The summed E-state index contributed by atoms with van der Waals surface area (Å²) in [6.07, 6.45) is 0.687. The maximum Gasteiger partial charge on any atom is 0.151 e. The number of fused-ring (bicyclic) bond motifs is 1. The zero-order valence-corrected chi connectivity index (χ0v) is 10.2. The third-order valence-electron chi connectivity index (χ3n) is 2.99. The molecule has 3 rings (SSSR count). The lowest BCUT2D eigenvalue weighted by Crippen LogP contribution is -2.13. The molecule has 6 heteroatoms. The van der Waals surface area contributed by atoms with Crippen LogP contribution in [0.1, 0.15) is 11.3 Å². The van der Waals surface area contributed by atoms with Crippen LogP contribution in [0.4, 0.5) is 10.2 Å². The molecule has 18 heavy (non-hydrogen) atoms. The summed E-state index contributed by atoms with van der Waals surface area (Å²) in [5, 5.41) is 4.67. The van der Waals surface area contributed by atoms with Crippen molar-refractivity contribution in [2.45, 2.75) is 13.0 Å². The summed E-state index contributed by atoms with van der Waals surface area (Å²) >= 11 is 6.08. The third-order valence-corrected chi connectivity index (χ3v) is 3.31. The van der Waals surface area contributed by atoms with E-state index in [0.29, 0.717) is 36.2 Å². The van der Waals surface area contributed by atoms with Gasteiger partial charge in [-0.2, -0.15) is 0 Å². The molecule has 0 saturated carbocycles. The van der Waals surface area contributed by atoms with Crippen LogP contribution in [0.5, 0.6) is 0 Å². The van der Waals surface area contributed by atoms with Crippen molar-refractivity contribution in [3.05, 3.63) is 40.3 Å². The molecule has 2 aromatic rings. The van der Waals surface area contributed by atoms with E-state index in [4.69, 9.17) is 22.1 Å². The van der Waals surface area contributed by atoms with E-state index in [1.54, 1.807) is 4.68 Å². The van der Waals surface area contributed by atoms with Crippen molar-refractivity contribution in [1.82, 2.24) is 9.78 Å². The zero-order valence-electron chi connectivity index (χ0n) is 9.49. The number of rotatable bonds is 1. The summed E-state index contributed by atoms with van der Waals surface area (Å²) in [6, 6.07) is 4.18. The number of aromatic nitrogens is 2. The molecule has 1 aliphatic rings. The predicted octanol–water partition coefficient (Wildman–Crippen LogP) is 2.32.